The van der Waals surface area contributed by atoms with Gasteiger partial charge in [0.25, 0.3) is 0 Å². The van der Waals surface area contributed by atoms with E-state index in [4.69, 9.17) is 10.3 Å². The van der Waals surface area contributed by atoms with Crippen molar-refractivity contribution < 1.29 is 4.52 Å². The van der Waals surface area contributed by atoms with Gasteiger partial charge in [-0.3, -0.25) is 0 Å². The first-order chi connectivity index (χ1) is 9.05. The highest BCUT2D eigenvalue weighted by atomic mass is 16.5. The fraction of sp³-hybridized carbons (Fsp3) is 0.467. The van der Waals surface area contributed by atoms with Crippen LogP contribution in [0.5, 0.6) is 0 Å². The molecule has 0 spiro atoms. The van der Waals surface area contributed by atoms with Crippen molar-refractivity contribution in [3.05, 3.63) is 47.1 Å². The van der Waals surface area contributed by atoms with Crippen LogP contribution in [-0.4, -0.2) is 10.1 Å². The Hall–Kier alpha value is -1.68. The number of rotatable bonds is 2. The summed E-state index contributed by atoms with van der Waals surface area (Å²) < 4.78 is 5.31. The van der Waals surface area contributed by atoms with Gasteiger partial charge < -0.3 is 10.3 Å². The fourth-order valence-corrected chi connectivity index (χ4v) is 2.66. The highest BCUT2D eigenvalue weighted by Crippen LogP contribution is 2.35. The van der Waals surface area contributed by atoms with Crippen molar-refractivity contribution in [1.82, 2.24) is 10.1 Å². The predicted molar refractivity (Wildman–Crippen MR) is 72.7 cm³/mol. The molecule has 0 radical (unpaired) electrons. The number of nitrogens with two attached hydrogens (primary N) is 1. The molecule has 2 aromatic rings. The van der Waals surface area contributed by atoms with Crippen LogP contribution >= 0.6 is 0 Å². The average Bonchev–Trinajstić information content (AvgIpc) is 2.87. The maximum absolute atomic E-state index is 6.00. The van der Waals surface area contributed by atoms with E-state index in [9.17, 15) is 0 Å². The van der Waals surface area contributed by atoms with Crippen LogP contribution in [0.3, 0.4) is 0 Å². The second kappa shape index (κ2) is 4.46. The zero-order chi connectivity index (χ0) is 13.5. The Labute approximate surface area is 113 Å². The van der Waals surface area contributed by atoms with Crippen molar-refractivity contribution in [2.75, 3.05) is 0 Å². The van der Waals surface area contributed by atoms with Gasteiger partial charge in [0.2, 0.25) is 5.89 Å². The molecule has 100 valence electrons. The molecule has 0 bridgehead atoms. The number of hydrogen-bond acceptors (Lipinski definition) is 4. The summed E-state index contributed by atoms with van der Waals surface area (Å²) in [4.78, 5) is 4.50. The van der Waals surface area contributed by atoms with E-state index in [1.54, 1.807) is 0 Å². The lowest BCUT2D eigenvalue weighted by Gasteiger charge is -2.22. The molecule has 4 heteroatoms. The lowest BCUT2D eigenvalue weighted by atomic mass is 9.82. The molecule has 19 heavy (non-hydrogen) atoms. The Bertz CT molecular complexity index is 583. The molecule has 0 aliphatic heterocycles. The molecular formula is C15H19N3O. The van der Waals surface area contributed by atoms with Crippen LogP contribution in [0.1, 0.15) is 55.4 Å². The largest absolute Gasteiger partial charge is 0.337 e. The lowest BCUT2D eigenvalue weighted by Crippen LogP contribution is -2.29. The van der Waals surface area contributed by atoms with Crippen molar-refractivity contribution in [3.8, 4) is 0 Å². The van der Waals surface area contributed by atoms with Gasteiger partial charge in [0.05, 0.1) is 5.54 Å². The summed E-state index contributed by atoms with van der Waals surface area (Å²) in [6.07, 6.45) is 3.37. The summed E-state index contributed by atoms with van der Waals surface area (Å²) in [6.45, 7) is 3.75. The maximum Gasteiger partial charge on any atom is 0.246 e. The molecule has 1 unspecified atom stereocenters. The predicted octanol–water partition coefficient (Wildman–Crippen LogP) is 2.73. The van der Waals surface area contributed by atoms with Gasteiger partial charge in [-0.25, -0.2) is 0 Å². The van der Waals surface area contributed by atoms with Gasteiger partial charge in [0.15, 0.2) is 5.82 Å². The minimum absolute atomic E-state index is 0.241. The van der Waals surface area contributed by atoms with Crippen molar-refractivity contribution in [3.63, 3.8) is 0 Å². The topological polar surface area (TPSA) is 64.9 Å². The Morgan fingerprint density at radius 2 is 2.11 bits per heavy atom. The summed E-state index contributed by atoms with van der Waals surface area (Å²) in [5.74, 6) is 1.51. The molecule has 1 heterocycles. The number of aryl methyl sites for hydroxylation is 1. The fourth-order valence-electron chi connectivity index (χ4n) is 2.66. The van der Waals surface area contributed by atoms with Crippen molar-refractivity contribution >= 4 is 0 Å². The van der Waals surface area contributed by atoms with E-state index in [1.165, 1.54) is 11.1 Å². The Kier molecular flexibility index (Phi) is 2.90. The van der Waals surface area contributed by atoms with Crippen LogP contribution in [-0.2, 0) is 12.0 Å². The Morgan fingerprint density at radius 3 is 2.84 bits per heavy atom. The van der Waals surface area contributed by atoms with E-state index in [0.717, 1.165) is 25.1 Å². The second-order valence-corrected chi connectivity index (χ2v) is 5.82. The van der Waals surface area contributed by atoms with Crippen molar-refractivity contribution in [1.29, 1.82) is 0 Å². The SMILES string of the molecule is CC(C)(N)c1nc(C2CCCc3ccccc32)no1. The quantitative estimate of drug-likeness (QED) is 0.898. The molecule has 4 nitrogen and oxygen atoms in total. The third kappa shape index (κ3) is 2.28. The smallest absolute Gasteiger partial charge is 0.246 e. The highest BCUT2D eigenvalue weighted by Gasteiger charge is 2.28. The van der Waals surface area contributed by atoms with E-state index in [1.807, 2.05) is 13.8 Å². The zero-order valence-corrected chi connectivity index (χ0v) is 11.4. The first-order valence-electron chi connectivity index (χ1n) is 6.76. The highest BCUT2D eigenvalue weighted by molar-refractivity contribution is 5.36. The van der Waals surface area contributed by atoms with Crippen LogP contribution < -0.4 is 5.73 Å². The molecule has 1 aliphatic rings. The van der Waals surface area contributed by atoms with Gasteiger partial charge in [-0.15, -0.1) is 0 Å². The van der Waals surface area contributed by atoms with Gasteiger partial charge in [0.1, 0.15) is 0 Å². The van der Waals surface area contributed by atoms with Crippen LogP contribution in [0.4, 0.5) is 0 Å². The van der Waals surface area contributed by atoms with Crippen LogP contribution in [0, 0.1) is 0 Å². The maximum atomic E-state index is 6.00. The normalized spacial score (nSPS) is 19.2. The summed E-state index contributed by atoms with van der Waals surface area (Å²) in [6, 6.07) is 8.52. The monoisotopic (exact) mass is 257 g/mol. The van der Waals surface area contributed by atoms with E-state index >= 15 is 0 Å². The first-order valence-corrected chi connectivity index (χ1v) is 6.76. The number of benzene rings is 1. The van der Waals surface area contributed by atoms with E-state index < -0.39 is 5.54 Å². The van der Waals surface area contributed by atoms with Crippen LogP contribution in [0.2, 0.25) is 0 Å². The standard InChI is InChI=1S/C15H19N3O/c1-15(2,16)14-17-13(18-19-14)12-9-5-7-10-6-3-4-8-11(10)12/h3-4,6,8,12H,5,7,9,16H2,1-2H3. The molecule has 1 aliphatic carbocycles. The number of nitrogens with zero attached hydrogens (tertiary/aromatic N) is 2. The molecule has 0 fully saturated rings. The molecular weight excluding hydrogens is 238 g/mol. The third-order valence-electron chi connectivity index (χ3n) is 3.67. The van der Waals surface area contributed by atoms with Crippen molar-refractivity contribution in [2.24, 2.45) is 5.73 Å². The molecule has 0 saturated heterocycles. The summed E-state index contributed by atoms with van der Waals surface area (Å²) >= 11 is 0. The summed E-state index contributed by atoms with van der Waals surface area (Å²) in [5.41, 5.74) is 8.14. The minimum atomic E-state index is -0.584. The molecule has 1 aromatic carbocycles. The molecule has 0 saturated carbocycles. The molecule has 0 amide bonds. The molecule has 1 atom stereocenters. The van der Waals surface area contributed by atoms with Crippen LogP contribution in [0.15, 0.2) is 28.8 Å². The van der Waals surface area contributed by atoms with Crippen molar-refractivity contribution in [2.45, 2.75) is 44.6 Å². The Balaban J connectivity index is 1.98. The van der Waals surface area contributed by atoms with E-state index in [2.05, 4.69) is 34.4 Å². The number of hydrogen-bond donors (Lipinski definition) is 1. The molecule has 3 rings (SSSR count). The molecule has 1 aromatic heterocycles. The van der Waals surface area contributed by atoms with Gasteiger partial charge in [-0.2, -0.15) is 4.98 Å². The zero-order valence-electron chi connectivity index (χ0n) is 11.4. The molecule has 2 N–H and O–H groups in total. The summed E-state index contributed by atoms with van der Waals surface area (Å²) in [7, 11) is 0. The number of fused-ring (bicyclic) bond motifs is 1. The second-order valence-electron chi connectivity index (χ2n) is 5.82. The summed E-state index contributed by atoms with van der Waals surface area (Å²) in [5, 5.41) is 4.14. The van der Waals surface area contributed by atoms with Gasteiger partial charge >= 0.3 is 0 Å². The van der Waals surface area contributed by atoms with Gasteiger partial charge in [-0.1, -0.05) is 29.4 Å². The average molecular weight is 257 g/mol. The minimum Gasteiger partial charge on any atom is -0.337 e. The van der Waals surface area contributed by atoms with E-state index in [0.29, 0.717) is 5.89 Å². The Morgan fingerprint density at radius 1 is 1.32 bits per heavy atom. The van der Waals surface area contributed by atoms with Gasteiger partial charge in [0, 0.05) is 5.92 Å². The first kappa shape index (κ1) is 12.4. The lowest BCUT2D eigenvalue weighted by molar-refractivity contribution is 0.309. The third-order valence-corrected chi connectivity index (χ3v) is 3.67. The number of aromatic nitrogens is 2. The van der Waals surface area contributed by atoms with Gasteiger partial charge in [-0.05, 0) is 44.2 Å². The van der Waals surface area contributed by atoms with E-state index in [-0.39, 0.29) is 5.92 Å². The van der Waals surface area contributed by atoms with Crippen LogP contribution in [0.25, 0.3) is 0 Å².